The molecule has 33 heavy (non-hydrogen) atoms. The van der Waals surface area contributed by atoms with Crippen LogP contribution in [0.15, 0.2) is 76.3 Å². The van der Waals surface area contributed by atoms with Gasteiger partial charge in [-0.3, -0.25) is 4.79 Å². The van der Waals surface area contributed by atoms with Gasteiger partial charge in [-0.15, -0.1) is 12.4 Å². The van der Waals surface area contributed by atoms with Crippen LogP contribution in [0.25, 0.3) is 33.2 Å². The van der Waals surface area contributed by atoms with E-state index in [9.17, 15) is 4.79 Å². The molecule has 0 spiro atoms. The van der Waals surface area contributed by atoms with Crippen LogP contribution in [0.3, 0.4) is 0 Å². The fourth-order valence-corrected chi connectivity index (χ4v) is 4.38. The van der Waals surface area contributed by atoms with E-state index in [0.29, 0.717) is 27.6 Å². The van der Waals surface area contributed by atoms with Gasteiger partial charge in [-0.1, -0.05) is 29.8 Å². The Hall–Kier alpha value is -2.86. The van der Waals surface area contributed by atoms with E-state index < -0.39 is 0 Å². The van der Waals surface area contributed by atoms with E-state index in [4.69, 9.17) is 16.0 Å². The van der Waals surface area contributed by atoms with Crippen molar-refractivity contribution in [2.75, 3.05) is 32.1 Å². The molecule has 1 saturated heterocycles. The van der Waals surface area contributed by atoms with E-state index in [0.717, 1.165) is 42.0 Å². The summed E-state index contributed by atoms with van der Waals surface area (Å²) in [6.07, 6.45) is 4.42. The molecule has 1 atom stereocenters. The van der Waals surface area contributed by atoms with Gasteiger partial charge in [-0.05, 0) is 68.0 Å². The van der Waals surface area contributed by atoms with Crippen LogP contribution < -0.4 is 10.3 Å². The number of aromatic nitrogens is 1. The predicted octanol–water partition coefficient (Wildman–Crippen LogP) is 5.74. The summed E-state index contributed by atoms with van der Waals surface area (Å²) in [5.74, 6) is 0.941. The van der Waals surface area contributed by atoms with Crippen molar-refractivity contribution < 1.29 is 4.42 Å². The Kier molecular flexibility index (Phi) is 6.75. The molecule has 3 heterocycles. The third-order valence-corrected chi connectivity index (χ3v) is 6.48. The molecule has 5 nitrogen and oxygen atoms in total. The number of likely N-dealkylation sites (N-methyl/N-ethyl adjacent to an activating group) is 1. The lowest BCUT2D eigenvalue weighted by molar-refractivity contribution is 0.315. The monoisotopic (exact) mass is 481 g/mol. The minimum Gasteiger partial charge on any atom is -0.463 e. The van der Waals surface area contributed by atoms with Crippen LogP contribution in [-0.2, 0) is 0 Å². The molecule has 1 aliphatic rings. The fourth-order valence-electron chi connectivity index (χ4n) is 4.25. The third-order valence-electron chi connectivity index (χ3n) is 6.23. The highest BCUT2D eigenvalue weighted by molar-refractivity contribution is 6.30. The van der Waals surface area contributed by atoms with Gasteiger partial charge in [0.05, 0.1) is 10.9 Å². The summed E-state index contributed by atoms with van der Waals surface area (Å²) in [7, 11) is 4.23. The maximum atomic E-state index is 13.2. The average Bonchev–Trinajstić information content (AvgIpc) is 3.31. The van der Waals surface area contributed by atoms with E-state index >= 15 is 0 Å². The number of benzene rings is 2. The Labute approximate surface area is 204 Å². The summed E-state index contributed by atoms with van der Waals surface area (Å²) in [6, 6.07) is 17.7. The van der Waals surface area contributed by atoms with Crippen LogP contribution in [-0.4, -0.2) is 43.1 Å². The van der Waals surface area contributed by atoms with Crippen molar-refractivity contribution >= 4 is 40.8 Å². The summed E-state index contributed by atoms with van der Waals surface area (Å²) >= 11 is 5.99. The van der Waals surface area contributed by atoms with Crippen molar-refractivity contribution in [1.82, 2.24) is 9.88 Å². The quantitative estimate of drug-likeness (QED) is 0.372. The molecule has 0 unspecified atom stereocenters. The van der Waals surface area contributed by atoms with Crippen molar-refractivity contribution in [2.45, 2.75) is 12.5 Å². The molecule has 2 aromatic heterocycles. The number of anilines is 1. The van der Waals surface area contributed by atoms with Gasteiger partial charge in [0.15, 0.2) is 0 Å². The van der Waals surface area contributed by atoms with Crippen molar-refractivity contribution in [3.8, 4) is 22.3 Å². The zero-order valence-electron chi connectivity index (χ0n) is 18.5. The molecule has 0 aliphatic carbocycles. The zero-order valence-corrected chi connectivity index (χ0v) is 20.1. The SMILES string of the molecule is CN(C)[C@@H]1CCN(c2ccc(-c3coc4cc(-c5ccc(Cl)cc5)ccc4c3=O)cn2)C1.Cl. The van der Waals surface area contributed by atoms with Crippen LogP contribution in [0.4, 0.5) is 5.82 Å². The molecule has 0 radical (unpaired) electrons. The molecule has 170 valence electrons. The van der Waals surface area contributed by atoms with Crippen molar-refractivity contribution in [1.29, 1.82) is 0 Å². The molecule has 1 fully saturated rings. The van der Waals surface area contributed by atoms with Gasteiger partial charge in [0.25, 0.3) is 0 Å². The Morgan fingerprint density at radius 2 is 1.76 bits per heavy atom. The second kappa shape index (κ2) is 9.56. The molecule has 1 aliphatic heterocycles. The number of fused-ring (bicyclic) bond motifs is 1. The van der Waals surface area contributed by atoms with Crippen LogP contribution >= 0.6 is 24.0 Å². The second-order valence-corrected chi connectivity index (χ2v) is 8.89. The third kappa shape index (κ3) is 4.62. The topological polar surface area (TPSA) is 49.6 Å². The first kappa shape index (κ1) is 23.3. The summed E-state index contributed by atoms with van der Waals surface area (Å²) in [5, 5.41) is 1.24. The first-order chi connectivity index (χ1) is 15.5. The summed E-state index contributed by atoms with van der Waals surface area (Å²) in [4.78, 5) is 22.3. The number of pyridine rings is 1. The van der Waals surface area contributed by atoms with Gasteiger partial charge >= 0.3 is 0 Å². The summed E-state index contributed by atoms with van der Waals surface area (Å²) < 4.78 is 5.86. The number of nitrogens with zero attached hydrogens (tertiary/aromatic N) is 3. The summed E-state index contributed by atoms with van der Waals surface area (Å²) in [5.41, 5.74) is 3.76. The van der Waals surface area contributed by atoms with E-state index in [1.165, 1.54) is 6.26 Å². The lowest BCUT2D eigenvalue weighted by Gasteiger charge is -2.21. The normalized spacial score (nSPS) is 15.8. The average molecular weight is 482 g/mol. The van der Waals surface area contributed by atoms with Crippen molar-refractivity contribution in [2.24, 2.45) is 0 Å². The molecule has 0 amide bonds. The maximum Gasteiger partial charge on any atom is 0.200 e. The fraction of sp³-hybridized carbons (Fsp3) is 0.231. The van der Waals surface area contributed by atoms with Gasteiger partial charge in [-0.2, -0.15) is 0 Å². The van der Waals surface area contributed by atoms with Gasteiger partial charge < -0.3 is 14.2 Å². The Balaban J connectivity index is 0.00000259. The number of halogens is 2. The van der Waals surface area contributed by atoms with E-state index in [2.05, 4.69) is 28.9 Å². The zero-order chi connectivity index (χ0) is 22.2. The van der Waals surface area contributed by atoms with Crippen LogP contribution in [0.5, 0.6) is 0 Å². The first-order valence-electron chi connectivity index (χ1n) is 10.7. The molecule has 5 rings (SSSR count). The molecule has 2 aromatic carbocycles. The second-order valence-electron chi connectivity index (χ2n) is 8.45. The van der Waals surface area contributed by atoms with Crippen LogP contribution in [0, 0.1) is 0 Å². The van der Waals surface area contributed by atoms with E-state index in [1.54, 1.807) is 6.20 Å². The lowest BCUT2D eigenvalue weighted by atomic mass is 10.0. The smallest absolute Gasteiger partial charge is 0.200 e. The molecular weight excluding hydrogens is 457 g/mol. The highest BCUT2D eigenvalue weighted by Gasteiger charge is 2.24. The molecular formula is C26H25Cl2N3O2. The largest absolute Gasteiger partial charge is 0.463 e. The van der Waals surface area contributed by atoms with E-state index in [-0.39, 0.29) is 17.8 Å². The maximum absolute atomic E-state index is 13.2. The molecule has 4 aromatic rings. The molecule has 0 bridgehead atoms. The highest BCUT2D eigenvalue weighted by Crippen LogP contribution is 2.27. The van der Waals surface area contributed by atoms with Gasteiger partial charge in [-0.25, -0.2) is 4.98 Å². The van der Waals surface area contributed by atoms with Crippen molar-refractivity contribution in [3.63, 3.8) is 0 Å². The first-order valence-corrected chi connectivity index (χ1v) is 11.1. The molecule has 7 heteroatoms. The van der Waals surface area contributed by atoms with Gasteiger partial charge in [0, 0.05) is 35.9 Å². The highest BCUT2D eigenvalue weighted by atomic mass is 35.5. The summed E-state index contributed by atoms with van der Waals surface area (Å²) in [6.45, 7) is 1.96. The van der Waals surface area contributed by atoms with Gasteiger partial charge in [0.1, 0.15) is 17.7 Å². The minimum atomic E-state index is -0.0581. The Morgan fingerprint density at radius 1 is 1.03 bits per heavy atom. The number of rotatable bonds is 4. The minimum absolute atomic E-state index is 0. The lowest BCUT2D eigenvalue weighted by Crippen LogP contribution is -2.31. The Morgan fingerprint density at radius 3 is 2.42 bits per heavy atom. The standard InChI is InChI=1S/C26H24ClN3O2.ClH/c1-29(2)21-11-12-30(15-21)25-10-6-19(14-28-25)23-16-32-24-13-18(5-9-22(24)26(23)31)17-3-7-20(27)8-4-17;/h3-10,13-14,16,21H,11-12,15H2,1-2H3;1H/t21-;/m1./s1. The van der Waals surface area contributed by atoms with Crippen LogP contribution in [0.1, 0.15) is 6.42 Å². The van der Waals surface area contributed by atoms with Gasteiger partial charge in [0.2, 0.25) is 5.43 Å². The predicted molar refractivity (Wildman–Crippen MR) is 138 cm³/mol. The van der Waals surface area contributed by atoms with E-state index in [1.807, 2.05) is 54.6 Å². The number of hydrogen-bond acceptors (Lipinski definition) is 5. The number of hydrogen-bond donors (Lipinski definition) is 0. The molecule has 0 saturated carbocycles. The van der Waals surface area contributed by atoms with Crippen LogP contribution in [0.2, 0.25) is 5.02 Å². The van der Waals surface area contributed by atoms with Crippen molar-refractivity contribution in [3.05, 3.63) is 82.3 Å². The Bertz CT molecular complexity index is 1320. The molecule has 0 N–H and O–H groups in total.